The number of piperazine rings is 1. The third-order valence-electron chi connectivity index (χ3n) is 2.89. The molecule has 1 aromatic carbocycles. The van der Waals surface area contributed by atoms with E-state index in [1.807, 2.05) is 12.1 Å². The summed E-state index contributed by atoms with van der Waals surface area (Å²) >= 11 is 0. The second-order valence-corrected chi connectivity index (χ2v) is 4.01. The number of rotatable bonds is 1. The van der Waals surface area contributed by atoms with Gasteiger partial charge in [0.1, 0.15) is 0 Å². The predicted octanol–water partition coefficient (Wildman–Crippen LogP) is 0.726. The van der Waals surface area contributed by atoms with E-state index in [0.29, 0.717) is 5.69 Å². The van der Waals surface area contributed by atoms with Crippen LogP contribution in [0.1, 0.15) is 0 Å². The van der Waals surface area contributed by atoms with Crippen molar-refractivity contribution in [2.24, 2.45) is 0 Å². The molecule has 0 radical (unpaired) electrons. The summed E-state index contributed by atoms with van der Waals surface area (Å²) in [6.45, 7) is 3.92. The number of para-hydroxylation sites is 1. The first-order valence-corrected chi connectivity index (χ1v) is 5.19. The van der Waals surface area contributed by atoms with E-state index in [1.165, 1.54) is 0 Å². The van der Waals surface area contributed by atoms with Gasteiger partial charge in [-0.1, -0.05) is 6.07 Å². The monoisotopic (exact) mass is 207 g/mol. The van der Waals surface area contributed by atoms with Crippen LogP contribution in [0.15, 0.2) is 18.2 Å². The first kappa shape index (κ1) is 10.1. The second kappa shape index (κ2) is 3.98. The van der Waals surface area contributed by atoms with E-state index in [9.17, 15) is 5.11 Å². The number of phenols is 1. The van der Waals surface area contributed by atoms with Crippen molar-refractivity contribution in [3.8, 4) is 5.75 Å². The Morgan fingerprint density at radius 3 is 2.53 bits per heavy atom. The molecular formula is C11H17N3O. The molecule has 4 nitrogen and oxygen atoms in total. The van der Waals surface area contributed by atoms with Crippen molar-refractivity contribution in [1.29, 1.82) is 0 Å². The van der Waals surface area contributed by atoms with Crippen LogP contribution in [0.2, 0.25) is 0 Å². The van der Waals surface area contributed by atoms with Crippen LogP contribution in [0.5, 0.6) is 5.75 Å². The van der Waals surface area contributed by atoms with Gasteiger partial charge < -0.3 is 20.6 Å². The molecule has 0 aromatic heterocycles. The standard InChI is InChI=1S/C11H17N3O/c1-13-5-7-14(8-6-13)10-4-2-3-9(12)11(10)15/h2-4,15H,5-8,12H2,1H3. The minimum Gasteiger partial charge on any atom is -0.504 e. The number of benzene rings is 1. The summed E-state index contributed by atoms with van der Waals surface area (Å²) in [5.74, 6) is 0.210. The van der Waals surface area contributed by atoms with Gasteiger partial charge >= 0.3 is 0 Å². The smallest absolute Gasteiger partial charge is 0.162 e. The predicted molar refractivity (Wildman–Crippen MR) is 62.2 cm³/mol. The number of likely N-dealkylation sites (N-methyl/N-ethyl adjacent to an activating group) is 1. The SMILES string of the molecule is CN1CCN(c2cccc(N)c2O)CC1. The molecule has 1 aliphatic heterocycles. The number of nitrogens with zero attached hydrogens (tertiary/aromatic N) is 2. The van der Waals surface area contributed by atoms with Crippen LogP contribution >= 0.6 is 0 Å². The highest BCUT2D eigenvalue weighted by Gasteiger charge is 2.17. The molecule has 1 saturated heterocycles. The third kappa shape index (κ3) is 1.99. The fourth-order valence-corrected chi connectivity index (χ4v) is 1.85. The van der Waals surface area contributed by atoms with Gasteiger partial charge in [0, 0.05) is 26.2 Å². The Kier molecular flexibility index (Phi) is 2.68. The fourth-order valence-electron chi connectivity index (χ4n) is 1.85. The van der Waals surface area contributed by atoms with Crippen molar-refractivity contribution in [2.45, 2.75) is 0 Å². The Morgan fingerprint density at radius 2 is 1.87 bits per heavy atom. The largest absolute Gasteiger partial charge is 0.504 e. The lowest BCUT2D eigenvalue weighted by Gasteiger charge is -2.34. The number of phenolic OH excluding ortho intramolecular Hbond substituents is 1. The summed E-state index contributed by atoms with van der Waals surface area (Å²) in [6, 6.07) is 5.51. The van der Waals surface area contributed by atoms with Gasteiger partial charge in [0.25, 0.3) is 0 Å². The van der Waals surface area contributed by atoms with E-state index in [-0.39, 0.29) is 5.75 Å². The van der Waals surface area contributed by atoms with Crippen molar-refractivity contribution in [2.75, 3.05) is 43.9 Å². The molecule has 0 unspecified atom stereocenters. The van der Waals surface area contributed by atoms with Crippen LogP contribution < -0.4 is 10.6 Å². The molecule has 0 aliphatic carbocycles. The summed E-state index contributed by atoms with van der Waals surface area (Å²) in [5, 5.41) is 9.84. The van der Waals surface area contributed by atoms with E-state index in [4.69, 9.17) is 5.73 Å². The summed E-state index contributed by atoms with van der Waals surface area (Å²) in [7, 11) is 2.11. The van der Waals surface area contributed by atoms with Crippen LogP contribution in [0.25, 0.3) is 0 Å². The van der Waals surface area contributed by atoms with Gasteiger partial charge in [-0.05, 0) is 19.2 Å². The molecule has 15 heavy (non-hydrogen) atoms. The van der Waals surface area contributed by atoms with Crippen LogP contribution in [-0.4, -0.2) is 43.2 Å². The van der Waals surface area contributed by atoms with E-state index >= 15 is 0 Å². The van der Waals surface area contributed by atoms with Gasteiger partial charge in [0.15, 0.2) is 5.75 Å². The maximum absolute atomic E-state index is 9.84. The zero-order valence-corrected chi connectivity index (χ0v) is 8.98. The van der Waals surface area contributed by atoms with Gasteiger partial charge in [0.05, 0.1) is 11.4 Å². The van der Waals surface area contributed by atoms with E-state index in [1.54, 1.807) is 6.07 Å². The first-order chi connectivity index (χ1) is 7.18. The lowest BCUT2D eigenvalue weighted by Crippen LogP contribution is -2.44. The molecule has 82 valence electrons. The zero-order valence-electron chi connectivity index (χ0n) is 8.98. The van der Waals surface area contributed by atoms with Crippen molar-refractivity contribution in [1.82, 2.24) is 4.90 Å². The third-order valence-corrected chi connectivity index (χ3v) is 2.89. The lowest BCUT2D eigenvalue weighted by atomic mass is 10.2. The molecule has 0 atom stereocenters. The summed E-state index contributed by atoms with van der Waals surface area (Å²) in [4.78, 5) is 4.45. The number of anilines is 2. The minimum atomic E-state index is 0.210. The first-order valence-electron chi connectivity index (χ1n) is 5.19. The lowest BCUT2D eigenvalue weighted by molar-refractivity contribution is 0.311. The van der Waals surface area contributed by atoms with Gasteiger partial charge in [-0.2, -0.15) is 0 Å². The molecule has 1 aromatic rings. The Labute approximate surface area is 89.9 Å². The normalized spacial score (nSPS) is 18.1. The van der Waals surface area contributed by atoms with E-state index in [0.717, 1.165) is 31.9 Å². The summed E-state index contributed by atoms with van der Waals surface area (Å²) < 4.78 is 0. The Hall–Kier alpha value is -1.42. The topological polar surface area (TPSA) is 52.7 Å². The van der Waals surface area contributed by atoms with Gasteiger partial charge in [0.2, 0.25) is 0 Å². The Balaban J connectivity index is 2.19. The maximum Gasteiger partial charge on any atom is 0.162 e. The zero-order chi connectivity index (χ0) is 10.8. The van der Waals surface area contributed by atoms with E-state index in [2.05, 4.69) is 16.8 Å². The van der Waals surface area contributed by atoms with Crippen LogP contribution in [0.3, 0.4) is 0 Å². The summed E-state index contributed by atoms with van der Waals surface area (Å²) in [6.07, 6.45) is 0. The molecule has 3 N–H and O–H groups in total. The van der Waals surface area contributed by atoms with Crippen LogP contribution in [0.4, 0.5) is 11.4 Å². The molecule has 0 amide bonds. The number of nitrogens with two attached hydrogens (primary N) is 1. The quantitative estimate of drug-likeness (QED) is 0.526. The number of hydrogen-bond donors (Lipinski definition) is 2. The van der Waals surface area contributed by atoms with Crippen molar-refractivity contribution in [3.63, 3.8) is 0 Å². The molecule has 0 spiro atoms. The highest BCUT2D eigenvalue weighted by molar-refractivity contribution is 5.69. The average molecular weight is 207 g/mol. The van der Waals surface area contributed by atoms with Gasteiger partial charge in [-0.25, -0.2) is 0 Å². The van der Waals surface area contributed by atoms with Crippen molar-refractivity contribution in [3.05, 3.63) is 18.2 Å². The van der Waals surface area contributed by atoms with Gasteiger partial charge in [-0.3, -0.25) is 0 Å². The number of nitrogen functional groups attached to an aromatic ring is 1. The molecule has 0 bridgehead atoms. The molecule has 4 heteroatoms. The van der Waals surface area contributed by atoms with Crippen molar-refractivity contribution < 1.29 is 5.11 Å². The Morgan fingerprint density at radius 1 is 1.20 bits per heavy atom. The Bertz CT molecular complexity index is 346. The summed E-state index contributed by atoms with van der Waals surface area (Å²) in [5.41, 5.74) is 6.97. The minimum absolute atomic E-state index is 0.210. The fraction of sp³-hybridized carbons (Fsp3) is 0.455. The second-order valence-electron chi connectivity index (χ2n) is 4.01. The molecular weight excluding hydrogens is 190 g/mol. The number of aromatic hydroxyl groups is 1. The molecule has 1 heterocycles. The van der Waals surface area contributed by atoms with Crippen LogP contribution in [-0.2, 0) is 0 Å². The van der Waals surface area contributed by atoms with Crippen LogP contribution in [0, 0.1) is 0 Å². The highest BCUT2D eigenvalue weighted by Crippen LogP contribution is 2.32. The average Bonchev–Trinajstić information content (AvgIpc) is 2.24. The molecule has 1 aliphatic rings. The van der Waals surface area contributed by atoms with E-state index < -0.39 is 0 Å². The van der Waals surface area contributed by atoms with Gasteiger partial charge in [-0.15, -0.1) is 0 Å². The maximum atomic E-state index is 9.84. The number of hydrogen-bond acceptors (Lipinski definition) is 4. The highest BCUT2D eigenvalue weighted by atomic mass is 16.3. The molecule has 1 fully saturated rings. The molecule has 2 rings (SSSR count). The van der Waals surface area contributed by atoms with Crippen molar-refractivity contribution >= 4 is 11.4 Å². The molecule has 0 saturated carbocycles.